The zero-order chi connectivity index (χ0) is 14.7. The second kappa shape index (κ2) is 6.22. The Morgan fingerprint density at radius 2 is 2.14 bits per heavy atom. The molecule has 1 aliphatic carbocycles. The molecule has 3 N–H and O–H groups in total. The first-order valence-corrected chi connectivity index (χ1v) is 8.37. The zero-order valence-electron chi connectivity index (χ0n) is 12.8. The van der Waals surface area contributed by atoms with Crippen LogP contribution in [0.1, 0.15) is 63.1 Å². The van der Waals surface area contributed by atoms with Gasteiger partial charge in [-0.05, 0) is 49.8 Å². The molecule has 1 aromatic heterocycles. The van der Waals surface area contributed by atoms with Crippen LogP contribution in [0.3, 0.4) is 0 Å². The number of hydrogen-bond donors (Lipinski definition) is 2. The predicted molar refractivity (Wildman–Crippen MR) is 83.7 cm³/mol. The smallest absolute Gasteiger partial charge is 0.223 e. The Balaban J connectivity index is 1.69. The fraction of sp³-hybridized carbons (Fsp3) is 0.706. The summed E-state index contributed by atoms with van der Waals surface area (Å²) in [5.74, 6) is 0.305. The minimum atomic E-state index is 0.0677. The van der Waals surface area contributed by atoms with E-state index in [1.807, 2.05) is 12.3 Å². The summed E-state index contributed by atoms with van der Waals surface area (Å²) in [6.07, 6.45) is 10.7. The van der Waals surface area contributed by atoms with Crippen LogP contribution in [0.4, 0.5) is 0 Å². The summed E-state index contributed by atoms with van der Waals surface area (Å²) in [4.78, 5) is 18.2. The van der Waals surface area contributed by atoms with Crippen LogP contribution < -0.4 is 5.73 Å². The Labute approximate surface area is 127 Å². The summed E-state index contributed by atoms with van der Waals surface area (Å²) in [5.41, 5.74) is 7.28. The number of nitrogens with zero attached hydrogens (tertiary/aromatic N) is 1. The van der Waals surface area contributed by atoms with Crippen molar-refractivity contribution in [1.82, 2.24) is 9.88 Å². The molecule has 1 aliphatic heterocycles. The number of H-pyrrole nitrogens is 1. The maximum Gasteiger partial charge on any atom is 0.223 e. The fourth-order valence-electron chi connectivity index (χ4n) is 4.12. The van der Waals surface area contributed by atoms with E-state index < -0.39 is 0 Å². The third kappa shape index (κ3) is 3.00. The highest BCUT2D eigenvalue weighted by atomic mass is 16.2. The normalized spacial score (nSPS) is 25.2. The number of nitrogens with two attached hydrogens (primary N) is 1. The molecule has 2 heterocycles. The van der Waals surface area contributed by atoms with Gasteiger partial charge in [-0.25, -0.2) is 0 Å². The minimum Gasteiger partial charge on any atom is -0.363 e. The van der Waals surface area contributed by atoms with E-state index in [1.165, 1.54) is 25.0 Å². The highest BCUT2D eigenvalue weighted by Gasteiger charge is 2.37. The van der Waals surface area contributed by atoms with Gasteiger partial charge in [0.1, 0.15) is 0 Å². The van der Waals surface area contributed by atoms with Gasteiger partial charge < -0.3 is 15.6 Å². The van der Waals surface area contributed by atoms with Crippen LogP contribution in [0, 0.1) is 5.41 Å². The quantitative estimate of drug-likeness (QED) is 0.895. The van der Waals surface area contributed by atoms with Gasteiger partial charge in [0.05, 0.1) is 6.04 Å². The molecule has 1 saturated heterocycles. The Morgan fingerprint density at radius 1 is 1.33 bits per heavy atom. The van der Waals surface area contributed by atoms with E-state index in [0.717, 1.165) is 32.2 Å². The number of amides is 1. The van der Waals surface area contributed by atoms with E-state index in [2.05, 4.69) is 16.0 Å². The number of aromatic amines is 1. The van der Waals surface area contributed by atoms with Gasteiger partial charge >= 0.3 is 0 Å². The van der Waals surface area contributed by atoms with E-state index in [4.69, 9.17) is 5.73 Å². The Hall–Kier alpha value is -1.29. The zero-order valence-corrected chi connectivity index (χ0v) is 12.8. The Bertz CT molecular complexity index is 462. The molecule has 2 aliphatic rings. The van der Waals surface area contributed by atoms with Gasteiger partial charge in [0.25, 0.3) is 0 Å². The van der Waals surface area contributed by atoms with Crippen LogP contribution in [0.5, 0.6) is 0 Å². The van der Waals surface area contributed by atoms with Crippen LogP contribution in [0.25, 0.3) is 0 Å². The van der Waals surface area contributed by atoms with Crippen LogP contribution in [0.15, 0.2) is 18.3 Å². The van der Waals surface area contributed by atoms with Crippen molar-refractivity contribution in [2.24, 2.45) is 11.1 Å². The number of rotatable bonds is 4. The van der Waals surface area contributed by atoms with Gasteiger partial charge in [-0.2, -0.15) is 0 Å². The number of likely N-dealkylation sites (tertiary alicyclic amines) is 1. The summed E-state index contributed by atoms with van der Waals surface area (Å²) < 4.78 is 0. The molecule has 2 fully saturated rings. The summed E-state index contributed by atoms with van der Waals surface area (Å²) in [6, 6.07) is 4.35. The molecule has 1 unspecified atom stereocenters. The second-order valence-electron chi connectivity index (χ2n) is 6.81. The van der Waals surface area contributed by atoms with Gasteiger partial charge in [-0.1, -0.05) is 19.3 Å². The molecule has 1 amide bonds. The van der Waals surface area contributed by atoms with Crippen molar-refractivity contribution in [1.29, 1.82) is 0 Å². The summed E-state index contributed by atoms with van der Waals surface area (Å²) in [6.45, 7) is 1.54. The van der Waals surface area contributed by atoms with Crippen molar-refractivity contribution < 1.29 is 4.79 Å². The standard InChI is InChI=1S/C17H27N3O/c18-13-17(8-2-1-3-9-17)12-16(21)20-11-5-7-15(20)14-6-4-10-19-14/h4,6,10,15,19H,1-3,5,7-9,11-13,18H2. The van der Waals surface area contributed by atoms with E-state index in [0.29, 0.717) is 18.9 Å². The van der Waals surface area contributed by atoms with Crippen molar-refractivity contribution in [3.05, 3.63) is 24.0 Å². The summed E-state index contributed by atoms with van der Waals surface area (Å²) >= 11 is 0. The largest absolute Gasteiger partial charge is 0.363 e. The third-order valence-corrected chi connectivity index (χ3v) is 5.43. The lowest BCUT2D eigenvalue weighted by molar-refractivity contribution is -0.135. The molecule has 0 aromatic carbocycles. The molecule has 0 radical (unpaired) electrons. The molecule has 0 spiro atoms. The number of aromatic nitrogens is 1. The lowest BCUT2D eigenvalue weighted by atomic mass is 9.71. The maximum absolute atomic E-state index is 12.8. The molecule has 4 nitrogen and oxygen atoms in total. The van der Waals surface area contributed by atoms with Crippen molar-refractivity contribution >= 4 is 5.91 Å². The first-order valence-electron chi connectivity index (χ1n) is 8.37. The number of hydrogen-bond acceptors (Lipinski definition) is 2. The van der Waals surface area contributed by atoms with E-state index in [1.54, 1.807) is 0 Å². The minimum absolute atomic E-state index is 0.0677. The van der Waals surface area contributed by atoms with Crippen LogP contribution >= 0.6 is 0 Å². The van der Waals surface area contributed by atoms with Crippen LogP contribution in [-0.4, -0.2) is 28.9 Å². The average Bonchev–Trinajstić information content (AvgIpc) is 3.18. The van der Waals surface area contributed by atoms with E-state index >= 15 is 0 Å². The van der Waals surface area contributed by atoms with Crippen LogP contribution in [0.2, 0.25) is 0 Å². The van der Waals surface area contributed by atoms with Gasteiger partial charge in [0, 0.05) is 24.9 Å². The SMILES string of the molecule is NCC1(CC(=O)N2CCCC2c2ccc[nH]2)CCCCC1. The third-order valence-electron chi connectivity index (χ3n) is 5.43. The van der Waals surface area contributed by atoms with Crippen molar-refractivity contribution in [3.8, 4) is 0 Å². The van der Waals surface area contributed by atoms with Gasteiger partial charge in [0.15, 0.2) is 0 Å². The summed E-state index contributed by atoms with van der Waals surface area (Å²) in [7, 11) is 0. The highest BCUT2D eigenvalue weighted by molar-refractivity contribution is 5.77. The molecule has 0 bridgehead atoms. The summed E-state index contributed by atoms with van der Waals surface area (Å²) in [5, 5.41) is 0. The number of carbonyl (C=O) groups is 1. The van der Waals surface area contributed by atoms with Crippen molar-refractivity contribution in [2.75, 3.05) is 13.1 Å². The highest BCUT2D eigenvalue weighted by Crippen LogP contribution is 2.40. The first-order chi connectivity index (χ1) is 10.2. The molecular weight excluding hydrogens is 262 g/mol. The molecule has 116 valence electrons. The van der Waals surface area contributed by atoms with Gasteiger partial charge in [-0.15, -0.1) is 0 Å². The second-order valence-corrected chi connectivity index (χ2v) is 6.81. The number of nitrogens with one attached hydrogen (secondary N) is 1. The average molecular weight is 289 g/mol. The Kier molecular flexibility index (Phi) is 4.34. The van der Waals surface area contributed by atoms with Gasteiger partial charge in [-0.3, -0.25) is 4.79 Å². The van der Waals surface area contributed by atoms with E-state index in [-0.39, 0.29) is 11.5 Å². The molecule has 1 saturated carbocycles. The molecule has 3 rings (SSSR count). The molecule has 1 atom stereocenters. The topological polar surface area (TPSA) is 62.1 Å². The van der Waals surface area contributed by atoms with Crippen molar-refractivity contribution in [3.63, 3.8) is 0 Å². The molecule has 4 heteroatoms. The maximum atomic E-state index is 12.8. The van der Waals surface area contributed by atoms with Crippen molar-refractivity contribution in [2.45, 2.75) is 57.4 Å². The lowest BCUT2D eigenvalue weighted by Crippen LogP contribution is -2.40. The molecule has 1 aromatic rings. The predicted octanol–water partition coefficient (Wildman–Crippen LogP) is 2.98. The monoisotopic (exact) mass is 289 g/mol. The van der Waals surface area contributed by atoms with E-state index in [9.17, 15) is 4.79 Å². The lowest BCUT2D eigenvalue weighted by Gasteiger charge is -2.37. The Morgan fingerprint density at radius 3 is 2.81 bits per heavy atom. The number of carbonyl (C=O) groups excluding carboxylic acids is 1. The van der Waals surface area contributed by atoms with Gasteiger partial charge in [0.2, 0.25) is 5.91 Å². The van der Waals surface area contributed by atoms with Crippen LogP contribution in [-0.2, 0) is 4.79 Å². The molecular formula is C17H27N3O. The fourth-order valence-corrected chi connectivity index (χ4v) is 4.12. The molecule has 21 heavy (non-hydrogen) atoms. The first kappa shape index (κ1) is 14.6.